The van der Waals surface area contributed by atoms with Gasteiger partial charge in [-0.3, -0.25) is 4.98 Å². The Hall–Kier alpha value is -2.32. The van der Waals surface area contributed by atoms with Gasteiger partial charge < -0.3 is 5.32 Å². The molecule has 0 amide bonds. The van der Waals surface area contributed by atoms with Crippen LogP contribution >= 0.6 is 0 Å². The molecule has 0 unspecified atom stereocenters. The summed E-state index contributed by atoms with van der Waals surface area (Å²) in [5.74, 6) is -1.42. The number of rotatable bonds is 4. The predicted molar refractivity (Wildman–Crippen MR) is 70.6 cm³/mol. The molecule has 5 heteroatoms. The molecule has 102 valence electrons. The molecule has 1 heterocycles. The zero-order valence-corrected chi connectivity index (χ0v) is 11.0. The van der Waals surface area contributed by atoms with Gasteiger partial charge in [-0.2, -0.15) is 5.26 Å². The average molecular weight is 273 g/mol. The zero-order chi connectivity index (χ0) is 14.5. The summed E-state index contributed by atoms with van der Waals surface area (Å²) in [6.07, 6.45) is 3.41. The number of nitrogens with zero attached hydrogens (tertiary/aromatic N) is 2. The van der Waals surface area contributed by atoms with Crippen LogP contribution in [0.3, 0.4) is 0 Å². The predicted octanol–water partition coefficient (Wildman–Crippen LogP) is 2.83. The van der Waals surface area contributed by atoms with E-state index < -0.39 is 11.6 Å². The number of nitrogens with one attached hydrogen (secondary N) is 1. The Kier molecular flexibility index (Phi) is 4.38. The van der Waals surface area contributed by atoms with Gasteiger partial charge in [0, 0.05) is 31.0 Å². The van der Waals surface area contributed by atoms with E-state index in [4.69, 9.17) is 5.26 Å². The van der Waals surface area contributed by atoms with Crippen LogP contribution < -0.4 is 5.32 Å². The van der Waals surface area contributed by atoms with E-state index in [9.17, 15) is 8.78 Å². The van der Waals surface area contributed by atoms with E-state index in [2.05, 4.69) is 10.3 Å². The van der Waals surface area contributed by atoms with Gasteiger partial charge in [-0.1, -0.05) is 0 Å². The Labute approximate surface area is 115 Å². The highest BCUT2D eigenvalue weighted by atomic mass is 19.1. The lowest BCUT2D eigenvalue weighted by molar-refractivity contribution is 0.534. The molecule has 0 aliphatic heterocycles. The molecule has 0 spiro atoms. The van der Waals surface area contributed by atoms with Gasteiger partial charge in [-0.15, -0.1) is 0 Å². The summed E-state index contributed by atoms with van der Waals surface area (Å²) in [7, 11) is 0. The lowest BCUT2D eigenvalue weighted by Gasteiger charge is -2.09. The molecule has 0 saturated carbocycles. The number of hydrogen-bond acceptors (Lipinski definition) is 3. The number of pyridine rings is 1. The fourth-order valence-corrected chi connectivity index (χ4v) is 1.86. The summed E-state index contributed by atoms with van der Waals surface area (Å²) >= 11 is 0. The van der Waals surface area contributed by atoms with Crippen molar-refractivity contribution in [2.24, 2.45) is 0 Å². The highest BCUT2D eigenvalue weighted by molar-refractivity contribution is 5.34. The Bertz CT molecular complexity index is 639. The van der Waals surface area contributed by atoms with E-state index in [-0.39, 0.29) is 17.7 Å². The van der Waals surface area contributed by atoms with Gasteiger partial charge in [-0.25, -0.2) is 8.78 Å². The van der Waals surface area contributed by atoms with Crippen molar-refractivity contribution < 1.29 is 8.78 Å². The Morgan fingerprint density at radius 1 is 1.25 bits per heavy atom. The van der Waals surface area contributed by atoms with E-state index in [0.29, 0.717) is 6.54 Å². The molecule has 1 N–H and O–H groups in total. The first-order valence-corrected chi connectivity index (χ1v) is 6.10. The molecule has 0 fully saturated rings. The summed E-state index contributed by atoms with van der Waals surface area (Å²) in [6.45, 7) is 2.48. The normalized spacial score (nSPS) is 10.3. The summed E-state index contributed by atoms with van der Waals surface area (Å²) in [4.78, 5) is 3.98. The molecule has 0 atom stereocenters. The van der Waals surface area contributed by atoms with Crippen molar-refractivity contribution in [2.45, 2.75) is 20.0 Å². The van der Waals surface area contributed by atoms with E-state index in [0.717, 1.165) is 23.3 Å². The largest absolute Gasteiger partial charge is 0.308 e. The number of aromatic nitrogens is 1. The SMILES string of the molecule is Cc1cnccc1CNCc1c(F)cc(C#N)cc1F. The molecule has 0 bridgehead atoms. The van der Waals surface area contributed by atoms with Gasteiger partial charge in [0.15, 0.2) is 0 Å². The van der Waals surface area contributed by atoms with Gasteiger partial charge in [0.25, 0.3) is 0 Å². The van der Waals surface area contributed by atoms with Crippen molar-refractivity contribution in [2.75, 3.05) is 0 Å². The third-order valence-electron chi connectivity index (χ3n) is 3.02. The van der Waals surface area contributed by atoms with Crippen LogP contribution in [0.1, 0.15) is 22.3 Å². The van der Waals surface area contributed by atoms with Crippen molar-refractivity contribution in [1.82, 2.24) is 10.3 Å². The van der Waals surface area contributed by atoms with Gasteiger partial charge >= 0.3 is 0 Å². The second kappa shape index (κ2) is 6.22. The van der Waals surface area contributed by atoms with E-state index >= 15 is 0 Å². The number of halogens is 2. The lowest BCUT2D eigenvalue weighted by Crippen LogP contribution is -2.16. The van der Waals surface area contributed by atoms with Crippen molar-refractivity contribution in [3.8, 4) is 6.07 Å². The summed E-state index contributed by atoms with van der Waals surface area (Å²) < 4.78 is 27.3. The topological polar surface area (TPSA) is 48.7 Å². The molecule has 3 nitrogen and oxygen atoms in total. The highest BCUT2D eigenvalue weighted by Crippen LogP contribution is 2.15. The first-order chi connectivity index (χ1) is 9.61. The maximum Gasteiger partial charge on any atom is 0.131 e. The minimum Gasteiger partial charge on any atom is -0.308 e. The first-order valence-electron chi connectivity index (χ1n) is 6.10. The Balaban J connectivity index is 2.05. The van der Waals surface area contributed by atoms with Crippen LogP contribution in [0.5, 0.6) is 0 Å². The second-order valence-corrected chi connectivity index (χ2v) is 4.44. The monoisotopic (exact) mass is 273 g/mol. The maximum absolute atomic E-state index is 13.7. The van der Waals surface area contributed by atoms with Crippen LogP contribution in [0.15, 0.2) is 30.6 Å². The Morgan fingerprint density at radius 3 is 2.55 bits per heavy atom. The molecule has 2 rings (SSSR count). The second-order valence-electron chi connectivity index (χ2n) is 4.44. The lowest BCUT2D eigenvalue weighted by atomic mass is 10.1. The van der Waals surface area contributed by atoms with Crippen LogP contribution in [0, 0.1) is 29.9 Å². The number of benzene rings is 1. The Morgan fingerprint density at radius 2 is 1.95 bits per heavy atom. The molecule has 0 aliphatic carbocycles. The zero-order valence-electron chi connectivity index (χ0n) is 11.0. The molecule has 0 saturated heterocycles. The molecule has 0 aliphatic rings. The molecule has 0 radical (unpaired) electrons. The van der Waals surface area contributed by atoms with Crippen LogP contribution in [0.2, 0.25) is 0 Å². The average Bonchev–Trinajstić information content (AvgIpc) is 2.43. The number of aryl methyl sites for hydroxylation is 1. The quantitative estimate of drug-likeness (QED) is 0.931. The molecule has 2 aromatic rings. The van der Waals surface area contributed by atoms with Gasteiger partial charge in [-0.05, 0) is 36.2 Å². The van der Waals surface area contributed by atoms with Gasteiger partial charge in [0.2, 0.25) is 0 Å². The van der Waals surface area contributed by atoms with Crippen molar-refractivity contribution in [3.05, 3.63) is 64.5 Å². The minimum atomic E-state index is -0.708. The van der Waals surface area contributed by atoms with E-state index in [1.165, 1.54) is 0 Å². The summed E-state index contributed by atoms with van der Waals surface area (Å²) in [5.41, 5.74) is 1.96. The van der Waals surface area contributed by atoms with E-state index in [1.54, 1.807) is 18.5 Å². The van der Waals surface area contributed by atoms with Crippen LogP contribution in [0.4, 0.5) is 8.78 Å². The first kappa shape index (κ1) is 14.1. The molecule has 1 aromatic carbocycles. The molecule has 20 heavy (non-hydrogen) atoms. The fraction of sp³-hybridized carbons (Fsp3) is 0.200. The van der Waals surface area contributed by atoms with Crippen molar-refractivity contribution in [1.29, 1.82) is 5.26 Å². The smallest absolute Gasteiger partial charge is 0.131 e. The van der Waals surface area contributed by atoms with Crippen LogP contribution in [-0.2, 0) is 13.1 Å². The van der Waals surface area contributed by atoms with E-state index in [1.807, 2.05) is 13.0 Å². The summed E-state index contributed by atoms with van der Waals surface area (Å²) in [5, 5.41) is 11.6. The molecular weight excluding hydrogens is 260 g/mol. The van der Waals surface area contributed by atoms with Gasteiger partial charge in [0.05, 0.1) is 11.6 Å². The third-order valence-corrected chi connectivity index (χ3v) is 3.02. The molecular formula is C15H13F2N3. The number of nitriles is 1. The van der Waals surface area contributed by atoms with Gasteiger partial charge in [0.1, 0.15) is 11.6 Å². The summed E-state index contributed by atoms with van der Waals surface area (Å²) in [6, 6.07) is 5.65. The standard InChI is InChI=1S/C15H13F2N3/c1-10-7-19-3-2-12(10)8-20-9-13-14(16)4-11(6-18)5-15(13)17/h2-5,7,20H,8-9H2,1H3. The number of hydrogen-bond donors (Lipinski definition) is 1. The van der Waals surface area contributed by atoms with Crippen molar-refractivity contribution >= 4 is 0 Å². The van der Waals surface area contributed by atoms with Crippen LogP contribution in [-0.4, -0.2) is 4.98 Å². The molecule has 1 aromatic heterocycles. The maximum atomic E-state index is 13.7. The fourth-order valence-electron chi connectivity index (χ4n) is 1.86. The third kappa shape index (κ3) is 3.16. The minimum absolute atomic E-state index is 0.0197. The highest BCUT2D eigenvalue weighted by Gasteiger charge is 2.11. The van der Waals surface area contributed by atoms with Crippen LogP contribution in [0.25, 0.3) is 0 Å². The van der Waals surface area contributed by atoms with Crippen molar-refractivity contribution in [3.63, 3.8) is 0 Å².